The maximum atomic E-state index is 5.66. The zero-order valence-corrected chi connectivity index (χ0v) is 12.7. The van der Waals surface area contributed by atoms with Gasteiger partial charge in [-0.2, -0.15) is 0 Å². The fourth-order valence-electron chi connectivity index (χ4n) is 1.94. The lowest BCUT2D eigenvalue weighted by Gasteiger charge is -2.24. The summed E-state index contributed by atoms with van der Waals surface area (Å²) in [6, 6.07) is 6.10. The summed E-state index contributed by atoms with van der Waals surface area (Å²) in [5, 5.41) is 0. The van der Waals surface area contributed by atoms with E-state index in [1.165, 1.54) is 0 Å². The highest BCUT2D eigenvalue weighted by molar-refractivity contribution is 9.10. The first-order valence-electron chi connectivity index (χ1n) is 5.92. The molecule has 18 heavy (non-hydrogen) atoms. The van der Waals surface area contributed by atoms with Gasteiger partial charge in [-0.1, -0.05) is 13.0 Å². The summed E-state index contributed by atoms with van der Waals surface area (Å²) in [6.45, 7) is 2.89. The van der Waals surface area contributed by atoms with E-state index >= 15 is 0 Å². The van der Waals surface area contributed by atoms with Gasteiger partial charge in [0.05, 0.1) is 11.6 Å². The molecule has 0 amide bonds. The van der Waals surface area contributed by atoms with Crippen molar-refractivity contribution < 1.29 is 9.47 Å². The highest BCUT2D eigenvalue weighted by atomic mass is 79.9. The van der Waals surface area contributed by atoms with Crippen LogP contribution >= 0.6 is 15.9 Å². The van der Waals surface area contributed by atoms with Crippen LogP contribution in [0.2, 0.25) is 0 Å². The van der Waals surface area contributed by atoms with Crippen LogP contribution < -0.4 is 16.0 Å². The van der Waals surface area contributed by atoms with Crippen LogP contribution in [0.3, 0.4) is 0 Å². The van der Waals surface area contributed by atoms with Crippen molar-refractivity contribution in [3.63, 3.8) is 0 Å². The molecule has 2 atom stereocenters. The molecule has 1 rings (SSSR count). The van der Waals surface area contributed by atoms with Crippen LogP contribution in [-0.2, 0) is 4.74 Å². The minimum absolute atomic E-state index is 0.0994. The zero-order chi connectivity index (χ0) is 13.5. The third-order valence-electron chi connectivity index (χ3n) is 3.06. The molecule has 1 aromatic rings. The number of hydrogen-bond acceptors (Lipinski definition) is 4. The summed E-state index contributed by atoms with van der Waals surface area (Å²) < 4.78 is 11.3. The van der Waals surface area contributed by atoms with Crippen LogP contribution in [0.15, 0.2) is 22.7 Å². The summed E-state index contributed by atoms with van der Waals surface area (Å²) in [5.41, 5.74) is 4.01. The fraction of sp³-hybridized carbons (Fsp3) is 0.538. The molecule has 1 aromatic carbocycles. The summed E-state index contributed by atoms with van der Waals surface area (Å²) >= 11 is 3.49. The Bertz CT molecular complexity index is 374. The lowest BCUT2D eigenvalue weighted by molar-refractivity contribution is 0.170. The Morgan fingerprint density at radius 1 is 1.39 bits per heavy atom. The molecule has 0 spiro atoms. The van der Waals surface area contributed by atoms with Gasteiger partial charge in [-0.15, -0.1) is 0 Å². The van der Waals surface area contributed by atoms with Gasteiger partial charge in [0.2, 0.25) is 0 Å². The third-order valence-corrected chi connectivity index (χ3v) is 3.68. The van der Waals surface area contributed by atoms with E-state index in [1.807, 2.05) is 18.2 Å². The average molecular weight is 317 g/mol. The normalized spacial score (nSPS) is 14.3. The molecule has 5 heteroatoms. The first-order chi connectivity index (χ1) is 8.63. The van der Waals surface area contributed by atoms with Crippen LogP contribution in [-0.4, -0.2) is 20.8 Å². The number of benzene rings is 1. The van der Waals surface area contributed by atoms with E-state index in [1.54, 1.807) is 14.2 Å². The van der Waals surface area contributed by atoms with Gasteiger partial charge < -0.3 is 9.47 Å². The smallest absolute Gasteiger partial charge is 0.133 e. The predicted molar refractivity (Wildman–Crippen MR) is 76.4 cm³/mol. The lowest BCUT2D eigenvalue weighted by Crippen LogP contribution is -2.33. The zero-order valence-electron chi connectivity index (χ0n) is 11.1. The molecule has 0 aliphatic carbocycles. The monoisotopic (exact) mass is 316 g/mol. The molecule has 3 N–H and O–H groups in total. The van der Waals surface area contributed by atoms with Crippen LogP contribution in [0.1, 0.15) is 24.9 Å². The van der Waals surface area contributed by atoms with Crippen LogP contribution in [0.25, 0.3) is 0 Å². The Labute approximate surface area is 117 Å². The minimum Gasteiger partial charge on any atom is -0.496 e. The van der Waals surface area contributed by atoms with Crippen molar-refractivity contribution in [2.75, 3.05) is 20.8 Å². The van der Waals surface area contributed by atoms with E-state index in [9.17, 15) is 0 Å². The Morgan fingerprint density at radius 3 is 2.61 bits per heavy atom. The average Bonchev–Trinajstić information content (AvgIpc) is 2.37. The van der Waals surface area contributed by atoms with Crippen molar-refractivity contribution in [2.45, 2.75) is 19.4 Å². The molecule has 0 aliphatic rings. The van der Waals surface area contributed by atoms with Crippen molar-refractivity contribution in [3.8, 4) is 5.75 Å². The Hall–Kier alpha value is -0.620. The van der Waals surface area contributed by atoms with E-state index in [2.05, 4.69) is 28.3 Å². The quantitative estimate of drug-likeness (QED) is 0.600. The third kappa shape index (κ3) is 3.95. The van der Waals surface area contributed by atoms with E-state index in [-0.39, 0.29) is 6.04 Å². The molecule has 0 aliphatic heterocycles. The highest BCUT2D eigenvalue weighted by Gasteiger charge is 2.18. The number of ether oxygens (including phenoxy) is 2. The second-order valence-electron chi connectivity index (χ2n) is 4.30. The molecule has 0 saturated carbocycles. The molecule has 0 bridgehead atoms. The molecule has 0 saturated heterocycles. The molecule has 0 radical (unpaired) electrons. The van der Waals surface area contributed by atoms with Crippen molar-refractivity contribution in [1.82, 2.24) is 5.43 Å². The van der Waals surface area contributed by atoms with Crippen molar-refractivity contribution in [1.29, 1.82) is 0 Å². The predicted octanol–water partition coefficient (Wildman–Crippen LogP) is 2.63. The van der Waals surface area contributed by atoms with Gasteiger partial charge >= 0.3 is 0 Å². The number of hydrogen-bond donors (Lipinski definition) is 2. The Balaban J connectivity index is 2.84. The Kier molecular flexibility index (Phi) is 6.63. The number of nitrogens with one attached hydrogen (secondary N) is 1. The van der Waals surface area contributed by atoms with E-state index < -0.39 is 0 Å². The van der Waals surface area contributed by atoms with Crippen LogP contribution in [0, 0.1) is 5.92 Å². The molecule has 0 fully saturated rings. The standard InChI is InChI=1S/C13H21BrN2O2/c1-9(6-7-17-2)13(16-15)10-4-5-12(18-3)11(14)8-10/h4-5,8-9,13,16H,6-7,15H2,1-3H3. The molecule has 4 nitrogen and oxygen atoms in total. The number of nitrogens with two attached hydrogens (primary N) is 1. The van der Waals surface area contributed by atoms with Gasteiger partial charge in [-0.05, 0) is 46.0 Å². The molecule has 0 aromatic heterocycles. The van der Waals surface area contributed by atoms with Gasteiger partial charge in [0, 0.05) is 19.8 Å². The van der Waals surface area contributed by atoms with E-state index in [0.29, 0.717) is 5.92 Å². The van der Waals surface area contributed by atoms with E-state index in [0.717, 1.165) is 28.8 Å². The second kappa shape index (κ2) is 7.74. The van der Waals surface area contributed by atoms with Gasteiger partial charge in [0.1, 0.15) is 5.75 Å². The minimum atomic E-state index is 0.0994. The number of hydrazine groups is 1. The molecule has 2 unspecified atom stereocenters. The Morgan fingerprint density at radius 2 is 2.11 bits per heavy atom. The molecule has 0 heterocycles. The summed E-state index contributed by atoms with van der Waals surface area (Å²) in [7, 11) is 3.36. The van der Waals surface area contributed by atoms with Gasteiger partial charge in [0.25, 0.3) is 0 Å². The topological polar surface area (TPSA) is 56.5 Å². The maximum absolute atomic E-state index is 5.66. The maximum Gasteiger partial charge on any atom is 0.133 e. The van der Waals surface area contributed by atoms with Gasteiger partial charge in [-0.3, -0.25) is 11.3 Å². The summed E-state index contributed by atoms with van der Waals surface area (Å²) in [5.74, 6) is 6.86. The second-order valence-corrected chi connectivity index (χ2v) is 5.15. The van der Waals surface area contributed by atoms with Crippen molar-refractivity contribution in [3.05, 3.63) is 28.2 Å². The van der Waals surface area contributed by atoms with Crippen molar-refractivity contribution >= 4 is 15.9 Å². The number of rotatable bonds is 7. The summed E-state index contributed by atoms with van der Waals surface area (Å²) in [4.78, 5) is 0. The van der Waals surface area contributed by atoms with Crippen molar-refractivity contribution in [2.24, 2.45) is 11.8 Å². The van der Waals surface area contributed by atoms with E-state index in [4.69, 9.17) is 15.3 Å². The fourth-order valence-corrected chi connectivity index (χ4v) is 2.49. The van der Waals surface area contributed by atoms with Crippen LogP contribution in [0.4, 0.5) is 0 Å². The number of methoxy groups -OCH3 is 2. The largest absolute Gasteiger partial charge is 0.496 e. The lowest BCUT2D eigenvalue weighted by atomic mass is 9.92. The highest BCUT2D eigenvalue weighted by Crippen LogP contribution is 2.31. The van der Waals surface area contributed by atoms with Gasteiger partial charge in [-0.25, -0.2) is 0 Å². The first-order valence-corrected chi connectivity index (χ1v) is 6.71. The molecule has 102 valence electrons. The molecular formula is C13H21BrN2O2. The van der Waals surface area contributed by atoms with Gasteiger partial charge in [0.15, 0.2) is 0 Å². The van der Waals surface area contributed by atoms with Crippen LogP contribution in [0.5, 0.6) is 5.75 Å². The molecular weight excluding hydrogens is 296 g/mol. The SMILES string of the molecule is COCCC(C)C(NN)c1ccc(OC)c(Br)c1. The summed E-state index contributed by atoms with van der Waals surface area (Å²) in [6.07, 6.45) is 0.953. The number of halogens is 1. The first kappa shape index (κ1) is 15.4.